The second-order valence-electron chi connectivity index (χ2n) is 7.41. The number of hydrogen-bond acceptors (Lipinski definition) is 5. The Morgan fingerprint density at radius 1 is 1.16 bits per heavy atom. The lowest BCUT2D eigenvalue weighted by atomic mass is 10.1. The van der Waals surface area contributed by atoms with Crippen molar-refractivity contribution in [2.75, 3.05) is 27.8 Å². The first-order chi connectivity index (χ1) is 14.5. The van der Waals surface area contributed by atoms with Gasteiger partial charge in [0.15, 0.2) is 11.7 Å². The van der Waals surface area contributed by atoms with Crippen molar-refractivity contribution < 1.29 is 14.0 Å². The molecule has 0 aliphatic rings. The van der Waals surface area contributed by atoms with Gasteiger partial charge in [-0.05, 0) is 24.8 Å². The molecule has 0 atom stereocenters. The Morgan fingerprint density at radius 3 is 2.61 bits per heavy atom. The number of halogens is 1. The summed E-state index contributed by atoms with van der Waals surface area (Å²) < 4.78 is 16.2. The summed E-state index contributed by atoms with van der Waals surface area (Å²) in [5, 5.41) is 11.7. The minimum absolute atomic E-state index is 0. The van der Waals surface area contributed by atoms with Crippen molar-refractivity contribution in [3.8, 4) is 11.5 Å². The molecule has 2 heterocycles. The van der Waals surface area contributed by atoms with E-state index in [2.05, 4.69) is 45.7 Å². The van der Waals surface area contributed by atoms with Gasteiger partial charge in [-0.15, -0.1) is 24.0 Å². The summed E-state index contributed by atoms with van der Waals surface area (Å²) in [6.45, 7) is 5.52. The summed E-state index contributed by atoms with van der Waals surface area (Å²) in [5.41, 5.74) is 3.13. The third-order valence-corrected chi connectivity index (χ3v) is 4.92. The number of rotatable bonds is 9. The van der Waals surface area contributed by atoms with E-state index in [1.165, 1.54) is 0 Å². The second-order valence-corrected chi connectivity index (χ2v) is 7.41. The molecule has 0 aliphatic heterocycles. The highest BCUT2D eigenvalue weighted by Crippen LogP contribution is 2.31. The molecular formula is C22H32IN5O3. The number of ether oxygens (including phenoxy) is 2. The lowest BCUT2D eigenvalue weighted by Crippen LogP contribution is -2.37. The van der Waals surface area contributed by atoms with Gasteiger partial charge in [-0.1, -0.05) is 19.0 Å². The topological polar surface area (TPSA) is 96.7 Å². The van der Waals surface area contributed by atoms with E-state index in [9.17, 15) is 0 Å². The van der Waals surface area contributed by atoms with Gasteiger partial charge in [-0.2, -0.15) is 0 Å². The van der Waals surface area contributed by atoms with E-state index in [1.54, 1.807) is 21.3 Å². The molecule has 2 aromatic heterocycles. The van der Waals surface area contributed by atoms with Crippen molar-refractivity contribution >= 4 is 40.8 Å². The van der Waals surface area contributed by atoms with Crippen LogP contribution in [0, 0.1) is 0 Å². The minimum atomic E-state index is 0. The SMILES string of the molecule is CN=C(NCCCc1cc2c(OC)cc(OC)cc2[nH]1)NCc1cc(C(C)C)no1.I. The number of aliphatic imine (C=N–C) groups is 1. The number of methoxy groups -OCH3 is 2. The number of aryl methyl sites for hydroxylation is 1. The molecule has 3 rings (SSSR count). The third kappa shape index (κ3) is 6.52. The highest BCUT2D eigenvalue weighted by molar-refractivity contribution is 14.0. The van der Waals surface area contributed by atoms with Gasteiger partial charge in [0.2, 0.25) is 0 Å². The third-order valence-electron chi connectivity index (χ3n) is 4.92. The van der Waals surface area contributed by atoms with Crippen LogP contribution in [0.15, 0.2) is 33.8 Å². The van der Waals surface area contributed by atoms with Crippen LogP contribution >= 0.6 is 24.0 Å². The molecular weight excluding hydrogens is 509 g/mol. The van der Waals surface area contributed by atoms with E-state index in [-0.39, 0.29) is 24.0 Å². The van der Waals surface area contributed by atoms with E-state index < -0.39 is 0 Å². The molecule has 9 heteroatoms. The summed E-state index contributed by atoms with van der Waals surface area (Å²) in [5.74, 6) is 3.47. The predicted octanol–water partition coefficient (Wildman–Crippen LogP) is 4.21. The van der Waals surface area contributed by atoms with Gasteiger partial charge >= 0.3 is 0 Å². The van der Waals surface area contributed by atoms with Gasteiger partial charge in [-0.3, -0.25) is 4.99 Å². The highest BCUT2D eigenvalue weighted by atomic mass is 127. The lowest BCUT2D eigenvalue weighted by molar-refractivity contribution is 0.372. The van der Waals surface area contributed by atoms with Crippen molar-refractivity contribution in [3.05, 3.63) is 41.4 Å². The van der Waals surface area contributed by atoms with E-state index in [0.717, 1.165) is 64.9 Å². The first-order valence-electron chi connectivity index (χ1n) is 10.2. The Morgan fingerprint density at radius 2 is 1.97 bits per heavy atom. The monoisotopic (exact) mass is 541 g/mol. The number of guanidine groups is 1. The summed E-state index contributed by atoms with van der Waals surface area (Å²) >= 11 is 0. The molecule has 0 spiro atoms. The first kappa shape index (κ1) is 24.8. The first-order valence-corrected chi connectivity index (χ1v) is 10.2. The van der Waals surface area contributed by atoms with Gasteiger partial charge in [0, 0.05) is 42.9 Å². The van der Waals surface area contributed by atoms with Crippen LogP contribution in [0.2, 0.25) is 0 Å². The fourth-order valence-electron chi connectivity index (χ4n) is 3.22. The fourth-order valence-corrected chi connectivity index (χ4v) is 3.22. The average Bonchev–Trinajstić information content (AvgIpc) is 3.39. The van der Waals surface area contributed by atoms with Crippen molar-refractivity contribution in [3.63, 3.8) is 0 Å². The molecule has 0 aliphatic carbocycles. The van der Waals surface area contributed by atoms with Crippen molar-refractivity contribution in [2.45, 2.75) is 39.2 Å². The number of aromatic nitrogens is 2. The normalized spacial score (nSPS) is 11.5. The van der Waals surface area contributed by atoms with Crippen molar-refractivity contribution in [1.29, 1.82) is 0 Å². The number of nitrogens with one attached hydrogen (secondary N) is 3. The van der Waals surface area contributed by atoms with E-state index in [4.69, 9.17) is 14.0 Å². The number of H-pyrrole nitrogens is 1. The van der Waals surface area contributed by atoms with Gasteiger partial charge in [0.05, 0.1) is 32.0 Å². The lowest BCUT2D eigenvalue weighted by Gasteiger charge is -2.10. The molecule has 0 bridgehead atoms. The Hall–Kier alpha value is -2.43. The fraction of sp³-hybridized carbons (Fsp3) is 0.455. The van der Waals surface area contributed by atoms with Crippen LogP contribution in [0.1, 0.15) is 43.3 Å². The van der Waals surface area contributed by atoms with Crippen LogP contribution in [0.3, 0.4) is 0 Å². The van der Waals surface area contributed by atoms with Crippen molar-refractivity contribution in [2.24, 2.45) is 4.99 Å². The summed E-state index contributed by atoms with van der Waals surface area (Å²) in [7, 11) is 5.08. The van der Waals surface area contributed by atoms with Crippen LogP contribution in [0.4, 0.5) is 0 Å². The van der Waals surface area contributed by atoms with Crippen LogP contribution in [-0.4, -0.2) is 43.9 Å². The zero-order valence-corrected chi connectivity index (χ0v) is 21.1. The zero-order chi connectivity index (χ0) is 21.5. The molecule has 0 saturated carbocycles. The smallest absolute Gasteiger partial charge is 0.191 e. The van der Waals surface area contributed by atoms with Gasteiger partial charge in [0.25, 0.3) is 0 Å². The molecule has 0 radical (unpaired) electrons. The molecule has 0 amide bonds. The number of aromatic amines is 1. The molecule has 170 valence electrons. The Labute approximate surface area is 200 Å². The molecule has 0 unspecified atom stereocenters. The van der Waals surface area contributed by atoms with E-state index in [1.807, 2.05) is 18.2 Å². The van der Waals surface area contributed by atoms with Crippen LogP contribution in [0.25, 0.3) is 10.9 Å². The molecule has 3 N–H and O–H groups in total. The zero-order valence-electron chi connectivity index (χ0n) is 18.7. The van der Waals surface area contributed by atoms with Crippen LogP contribution in [0.5, 0.6) is 11.5 Å². The quantitative estimate of drug-likeness (QED) is 0.163. The van der Waals surface area contributed by atoms with Crippen LogP contribution < -0.4 is 20.1 Å². The largest absolute Gasteiger partial charge is 0.497 e. The number of fused-ring (bicyclic) bond motifs is 1. The average molecular weight is 541 g/mol. The van der Waals surface area contributed by atoms with E-state index >= 15 is 0 Å². The van der Waals surface area contributed by atoms with Crippen LogP contribution in [-0.2, 0) is 13.0 Å². The van der Waals surface area contributed by atoms with Gasteiger partial charge in [-0.25, -0.2) is 0 Å². The number of benzene rings is 1. The Balaban J connectivity index is 0.00000341. The maximum absolute atomic E-state index is 5.48. The van der Waals surface area contributed by atoms with E-state index in [0.29, 0.717) is 12.5 Å². The summed E-state index contributed by atoms with van der Waals surface area (Å²) in [6.07, 6.45) is 1.86. The number of nitrogens with zero attached hydrogens (tertiary/aromatic N) is 2. The molecule has 1 aromatic carbocycles. The molecule has 0 fully saturated rings. The molecule has 8 nitrogen and oxygen atoms in total. The Bertz CT molecular complexity index is 996. The molecule has 0 saturated heterocycles. The maximum Gasteiger partial charge on any atom is 0.191 e. The summed E-state index contributed by atoms with van der Waals surface area (Å²) in [4.78, 5) is 7.71. The molecule has 3 aromatic rings. The molecule has 31 heavy (non-hydrogen) atoms. The van der Waals surface area contributed by atoms with Gasteiger partial charge in [0.1, 0.15) is 11.5 Å². The minimum Gasteiger partial charge on any atom is -0.497 e. The number of hydrogen-bond donors (Lipinski definition) is 3. The maximum atomic E-state index is 5.48. The summed E-state index contributed by atoms with van der Waals surface area (Å²) in [6, 6.07) is 8.00. The second kappa shape index (κ2) is 11.8. The van der Waals surface area contributed by atoms with Crippen molar-refractivity contribution in [1.82, 2.24) is 20.8 Å². The predicted molar refractivity (Wildman–Crippen MR) is 134 cm³/mol. The standard InChI is InChI=1S/C22H31N5O3.HI/c1-14(2)19-11-17(30-27-19)13-25-22(23-3)24-8-6-7-15-9-18-20(26-15)10-16(28-4)12-21(18)29-5;/h9-12,14,26H,6-8,13H2,1-5H3,(H2,23,24,25);1H. The van der Waals surface area contributed by atoms with Gasteiger partial charge < -0.3 is 29.6 Å². The Kier molecular flexibility index (Phi) is 9.47. The highest BCUT2D eigenvalue weighted by Gasteiger charge is 2.10.